The first-order valence-electron chi connectivity index (χ1n) is 8.95. The molecule has 0 bridgehead atoms. The number of hydrogen-bond donors (Lipinski definition) is 2. The fraction of sp³-hybridized carbons (Fsp3) is 0.474. The molecule has 2 heterocycles. The fourth-order valence-corrected chi connectivity index (χ4v) is 3.08. The van der Waals surface area contributed by atoms with Crippen LogP contribution in [-0.2, 0) is 9.53 Å². The number of hydrogen-bond acceptors (Lipinski definition) is 5. The number of urea groups is 1. The van der Waals surface area contributed by atoms with E-state index in [1.807, 2.05) is 6.07 Å². The Morgan fingerprint density at radius 2 is 2.04 bits per heavy atom. The SMILES string of the molecule is CCCCCCOC(=O)C1=C(C)NC(=O)NC1c1ccc2c(c1)OCO2. The molecule has 2 aliphatic rings. The molecule has 1 aromatic rings. The molecule has 0 aromatic heterocycles. The number of esters is 1. The molecule has 2 N–H and O–H groups in total. The fourth-order valence-electron chi connectivity index (χ4n) is 3.08. The Kier molecular flexibility index (Phi) is 5.65. The zero-order valence-corrected chi connectivity index (χ0v) is 15.1. The van der Waals surface area contributed by atoms with Gasteiger partial charge in [0.05, 0.1) is 18.2 Å². The molecule has 0 saturated heterocycles. The van der Waals surface area contributed by atoms with Crippen LogP contribution in [0.3, 0.4) is 0 Å². The standard InChI is InChI=1S/C19H24N2O5/c1-3-4-5-6-9-24-18(22)16-12(2)20-19(23)21-17(16)13-7-8-14-15(10-13)26-11-25-14/h7-8,10,17H,3-6,9,11H2,1-2H3,(H2,20,21,23). The molecule has 26 heavy (non-hydrogen) atoms. The van der Waals surface area contributed by atoms with Crippen molar-refractivity contribution in [2.24, 2.45) is 0 Å². The zero-order valence-electron chi connectivity index (χ0n) is 15.1. The van der Waals surface area contributed by atoms with Crippen molar-refractivity contribution in [2.75, 3.05) is 13.4 Å². The Hall–Kier alpha value is -2.70. The largest absolute Gasteiger partial charge is 0.462 e. The first-order chi connectivity index (χ1) is 12.6. The molecule has 0 radical (unpaired) electrons. The van der Waals surface area contributed by atoms with Crippen LogP contribution in [0.1, 0.15) is 51.1 Å². The molecule has 140 valence electrons. The monoisotopic (exact) mass is 360 g/mol. The highest BCUT2D eigenvalue weighted by Gasteiger charge is 2.33. The Morgan fingerprint density at radius 1 is 1.23 bits per heavy atom. The minimum atomic E-state index is -0.596. The minimum absolute atomic E-state index is 0.166. The number of ether oxygens (including phenoxy) is 3. The molecule has 1 atom stereocenters. The summed E-state index contributed by atoms with van der Waals surface area (Å²) in [5.41, 5.74) is 1.63. The first kappa shape index (κ1) is 18.1. The third-order valence-corrected chi connectivity index (χ3v) is 4.45. The lowest BCUT2D eigenvalue weighted by Gasteiger charge is -2.28. The van der Waals surface area contributed by atoms with E-state index in [0.29, 0.717) is 29.4 Å². The topological polar surface area (TPSA) is 85.9 Å². The number of fused-ring (bicyclic) bond motifs is 1. The third kappa shape index (κ3) is 3.92. The van der Waals surface area contributed by atoms with Crippen LogP contribution < -0.4 is 20.1 Å². The molecule has 0 fully saturated rings. The lowest BCUT2D eigenvalue weighted by molar-refractivity contribution is -0.139. The van der Waals surface area contributed by atoms with Crippen molar-refractivity contribution in [3.05, 3.63) is 35.0 Å². The van der Waals surface area contributed by atoms with Gasteiger partial charge in [0.2, 0.25) is 6.79 Å². The lowest BCUT2D eigenvalue weighted by atomic mass is 9.95. The maximum atomic E-state index is 12.6. The second-order valence-electron chi connectivity index (χ2n) is 6.38. The summed E-state index contributed by atoms with van der Waals surface area (Å²) in [6.07, 6.45) is 4.11. The Bertz CT molecular complexity index is 729. The summed E-state index contributed by atoms with van der Waals surface area (Å²) >= 11 is 0. The number of benzene rings is 1. The van der Waals surface area contributed by atoms with Crippen LogP contribution in [0.2, 0.25) is 0 Å². The van der Waals surface area contributed by atoms with E-state index in [-0.39, 0.29) is 12.8 Å². The van der Waals surface area contributed by atoms with Crippen LogP contribution in [0.15, 0.2) is 29.5 Å². The van der Waals surface area contributed by atoms with Gasteiger partial charge >= 0.3 is 12.0 Å². The van der Waals surface area contributed by atoms with Crippen molar-refractivity contribution >= 4 is 12.0 Å². The number of rotatable bonds is 7. The van der Waals surface area contributed by atoms with E-state index in [1.165, 1.54) is 0 Å². The van der Waals surface area contributed by atoms with Crippen LogP contribution >= 0.6 is 0 Å². The molecule has 1 unspecified atom stereocenters. The zero-order chi connectivity index (χ0) is 18.5. The average molecular weight is 360 g/mol. The predicted molar refractivity (Wildman–Crippen MR) is 94.8 cm³/mol. The Labute approximate surface area is 152 Å². The van der Waals surface area contributed by atoms with E-state index in [1.54, 1.807) is 19.1 Å². The molecule has 2 aliphatic heterocycles. The van der Waals surface area contributed by atoms with E-state index in [9.17, 15) is 9.59 Å². The van der Waals surface area contributed by atoms with Gasteiger partial charge in [-0.25, -0.2) is 9.59 Å². The van der Waals surface area contributed by atoms with Gasteiger partial charge in [-0.3, -0.25) is 0 Å². The number of carbonyl (C=O) groups is 2. The van der Waals surface area contributed by atoms with Gasteiger partial charge in [-0.15, -0.1) is 0 Å². The van der Waals surface area contributed by atoms with Crippen molar-refractivity contribution in [3.63, 3.8) is 0 Å². The molecule has 0 aliphatic carbocycles. The normalized spacial score (nSPS) is 18.4. The summed E-state index contributed by atoms with van der Waals surface area (Å²) in [7, 11) is 0. The van der Waals surface area contributed by atoms with Crippen LogP contribution in [0.5, 0.6) is 11.5 Å². The van der Waals surface area contributed by atoms with Gasteiger partial charge in [-0.05, 0) is 31.0 Å². The lowest BCUT2D eigenvalue weighted by Crippen LogP contribution is -2.45. The molecule has 0 saturated carbocycles. The summed E-state index contributed by atoms with van der Waals surface area (Å²) < 4.78 is 16.2. The van der Waals surface area contributed by atoms with Gasteiger partial charge in [0.1, 0.15) is 0 Å². The number of amides is 2. The highest BCUT2D eigenvalue weighted by molar-refractivity contribution is 5.95. The summed E-state index contributed by atoms with van der Waals surface area (Å²) in [4.78, 5) is 24.6. The maximum absolute atomic E-state index is 12.6. The van der Waals surface area contributed by atoms with E-state index < -0.39 is 12.0 Å². The molecule has 2 amide bonds. The highest BCUT2D eigenvalue weighted by Crippen LogP contribution is 2.37. The van der Waals surface area contributed by atoms with Crippen molar-refractivity contribution in [1.29, 1.82) is 0 Å². The predicted octanol–water partition coefficient (Wildman–Crippen LogP) is 3.17. The maximum Gasteiger partial charge on any atom is 0.338 e. The van der Waals surface area contributed by atoms with E-state index in [4.69, 9.17) is 14.2 Å². The summed E-state index contributed by atoms with van der Waals surface area (Å²) in [6, 6.07) is 4.41. The summed E-state index contributed by atoms with van der Waals surface area (Å²) in [5.74, 6) is 0.823. The Balaban J connectivity index is 1.77. The van der Waals surface area contributed by atoms with Gasteiger partial charge in [-0.2, -0.15) is 0 Å². The van der Waals surface area contributed by atoms with Crippen LogP contribution in [-0.4, -0.2) is 25.4 Å². The van der Waals surface area contributed by atoms with Crippen LogP contribution in [0, 0.1) is 0 Å². The van der Waals surface area contributed by atoms with Gasteiger partial charge in [0.15, 0.2) is 11.5 Å². The molecule has 3 rings (SSSR count). The minimum Gasteiger partial charge on any atom is -0.462 e. The summed E-state index contributed by atoms with van der Waals surface area (Å²) in [6.45, 7) is 4.37. The second-order valence-corrected chi connectivity index (χ2v) is 6.38. The number of allylic oxidation sites excluding steroid dienone is 1. The molecule has 1 aromatic carbocycles. The molecule has 7 nitrogen and oxygen atoms in total. The van der Waals surface area contributed by atoms with Crippen LogP contribution in [0.4, 0.5) is 4.79 Å². The molecule has 0 spiro atoms. The number of carbonyl (C=O) groups excluding carboxylic acids is 2. The van der Waals surface area contributed by atoms with Crippen molar-refractivity contribution < 1.29 is 23.8 Å². The first-order valence-corrected chi connectivity index (χ1v) is 8.95. The molecular weight excluding hydrogens is 336 g/mol. The molecular formula is C19H24N2O5. The Morgan fingerprint density at radius 3 is 2.85 bits per heavy atom. The van der Waals surface area contributed by atoms with E-state index in [2.05, 4.69) is 17.6 Å². The van der Waals surface area contributed by atoms with Gasteiger partial charge in [-0.1, -0.05) is 32.3 Å². The average Bonchev–Trinajstić information content (AvgIpc) is 3.08. The van der Waals surface area contributed by atoms with Crippen molar-refractivity contribution in [3.8, 4) is 11.5 Å². The smallest absolute Gasteiger partial charge is 0.338 e. The quantitative estimate of drug-likeness (QED) is 0.576. The van der Waals surface area contributed by atoms with Crippen LogP contribution in [0.25, 0.3) is 0 Å². The number of nitrogens with one attached hydrogen (secondary N) is 2. The second kappa shape index (κ2) is 8.12. The highest BCUT2D eigenvalue weighted by atomic mass is 16.7. The van der Waals surface area contributed by atoms with E-state index >= 15 is 0 Å². The molecule has 7 heteroatoms. The van der Waals surface area contributed by atoms with Crippen molar-refractivity contribution in [2.45, 2.75) is 45.6 Å². The summed E-state index contributed by atoms with van der Waals surface area (Å²) in [5, 5.41) is 5.44. The van der Waals surface area contributed by atoms with E-state index in [0.717, 1.165) is 31.2 Å². The van der Waals surface area contributed by atoms with Crippen molar-refractivity contribution in [1.82, 2.24) is 10.6 Å². The number of unbranched alkanes of at least 4 members (excludes halogenated alkanes) is 3. The third-order valence-electron chi connectivity index (χ3n) is 4.45. The van der Waals surface area contributed by atoms with Gasteiger partial charge < -0.3 is 24.8 Å². The van der Waals surface area contributed by atoms with Gasteiger partial charge in [0.25, 0.3) is 0 Å². The van der Waals surface area contributed by atoms with Gasteiger partial charge in [0, 0.05) is 5.70 Å².